The van der Waals surface area contributed by atoms with Gasteiger partial charge in [-0.3, -0.25) is 9.78 Å². The zero-order valence-electron chi connectivity index (χ0n) is 10.8. The minimum atomic E-state index is -0.203. The first-order valence-corrected chi connectivity index (χ1v) is 5.89. The Kier molecular flexibility index (Phi) is 5.10. The number of hydrogen-bond donors (Lipinski definition) is 2. The fourth-order valence-corrected chi connectivity index (χ4v) is 1.63. The van der Waals surface area contributed by atoms with Crippen molar-refractivity contribution in [3.05, 3.63) is 30.1 Å². The highest BCUT2D eigenvalue weighted by Gasteiger charge is 2.19. The van der Waals surface area contributed by atoms with E-state index in [1.54, 1.807) is 13.2 Å². The van der Waals surface area contributed by atoms with Gasteiger partial charge in [0, 0.05) is 17.4 Å². The highest BCUT2D eigenvalue weighted by Crippen LogP contribution is 2.12. The summed E-state index contributed by atoms with van der Waals surface area (Å²) in [6.45, 7) is 4.42. The summed E-state index contributed by atoms with van der Waals surface area (Å²) in [7, 11) is 1.76. The van der Waals surface area contributed by atoms with E-state index < -0.39 is 0 Å². The van der Waals surface area contributed by atoms with E-state index in [0.29, 0.717) is 6.54 Å². The van der Waals surface area contributed by atoms with E-state index in [2.05, 4.69) is 15.6 Å². The number of nitrogens with one attached hydrogen (secondary N) is 2. The lowest BCUT2D eigenvalue weighted by Gasteiger charge is -2.26. The second-order valence-electron chi connectivity index (χ2n) is 4.78. The van der Waals surface area contributed by atoms with Crippen molar-refractivity contribution in [3.63, 3.8) is 0 Å². The van der Waals surface area contributed by atoms with Crippen LogP contribution in [-0.4, -0.2) is 30.0 Å². The van der Waals surface area contributed by atoms with Crippen molar-refractivity contribution in [2.75, 3.05) is 13.6 Å². The number of carbonyl (C=O) groups is 1. The van der Waals surface area contributed by atoms with Crippen LogP contribution in [0.2, 0.25) is 0 Å². The van der Waals surface area contributed by atoms with Gasteiger partial charge in [-0.15, -0.1) is 0 Å². The van der Waals surface area contributed by atoms with Crippen molar-refractivity contribution in [1.82, 2.24) is 15.6 Å². The number of aryl methyl sites for hydroxylation is 1. The highest BCUT2D eigenvalue weighted by atomic mass is 16.2. The molecule has 4 nitrogen and oxygen atoms in total. The first kappa shape index (κ1) is 13.6. The Morgan fingerprint density at radius 3 is 2.76 bits per heavy atom. The Hall–Kier alpha value is -1.42. The molecule has 0 bridgehead atoms. The third-order valence-corrected chi connectivity index (χ3v) is 2.55. The quantitative estimate of drug-likeness (QED) is 0.777. The van der Waals surface area contributed by atoms with Gasteiger partial charge in [0.15, 0.2) is 0 Å². The van der Waals surface area contributed by atoms with E-state index in [9.17, 15) is 4.79 Å². The summed E-state index contributed by atoms with van der Waals surface area (Å²) in [5, 5.41) is 5.84. The van der Waals surface area contributed by atoms with Gasteiger partial charge in [0.2, 0.25) is 5.91 Å². The molecule has 0 radical (unpaired) electrons. The van der Waals surface area contributed by atoms with Gasteiger partial charge in [-0.05, 0) is 45.9 Å². The van der Waals surface area contributed by atoms with Crippen molar-refractivity contribution in [2.24, 2.45) is 0 Å². The molecular formula is C13H21N3O. The lowest BCUT2D eigenvalue weighted by atomic mass is 9.97. The van der Waals surface area contributed by atoms with Crippen LogP contribution in [0, 0.1) is 0 Å². The molecule has 0 spiro atoms. The molecule has 1 amide bonds. The molecular weight excluding hydrogens is 214 g/mol. The van der Waals surface area contributed by atoms with Crippen LogP contribution in [0.1, 0.15) is 26.0 Å². The number of hydrogen-bond acceptors (Lipinski definition) is 3. The number of amides is 1. The smallest absolute Gasteiger partial charge is 0.234 e. The minimum Gasteiger partial charge on any atom is -0.350 e. The first-order valence-electron chi connectivity index (χ1n) is 5.89. The normalized spacial score (nSPS) is 11.2. The third kappa shape index (κ3) is 5.45. The number of aromatic nitrogens is 1. The molecule has 2 N–H and O–H groups in total. The number of rotatable bonds is 6. The van der Waals surface area contributed by atoms with Crippen LogP contribution in [0.4, 0.5) is 0 Å². The Labute approximate surface area is 103 Å². The van der Waals surface area contributed by atoms with Gasteiger partial charge < -0.3 is 10.6 Å². The third-order valence-electron chi connectivity index (χ3n) is 2.55. The molecule has 1 rings (SSSR count). The summed E-state index contributed by atoms with van der Waals surface area (Å²) in [6, 6.07) is 5.89. The van der Waals surface area contributed by atoms with Crippen molar-refractivity contribution < 1.29 is 4.79 Å². The maximum Gasteiger partial charge on any atom is 0.234 e. The van der Waals surface area contributed by atoms with Gasteiger partial charge in [-0.25, -0.2) is 0 Å². The van der Waals surface area contributed by atoms with Gasteiger partial charge in [-0.1, -0.05) is 6.07 Å². The molecule has 0 fully saturated rings. The van der Waals surface area contributed by atoms with Crippen molar-refractivity contribution in [1.29, 1.82) is 0 Å². The second kappa shape index (κ2) is 6.35. The van der Waals surface area contributed by atoms with Crippen LogP contribution in [-0.2, 0) is 11.2 Å². The van der Waals surface area contributed by atoms with Crippen molar-refractivity contribution in [3.8, 4) is 0 Å². The Morgan fingerprint density at radius 1 is 1.41 bits per heavy atom. The zero-order valence-corrected chi connectivity index (χ0v) is 10.8. The van der Waals surface area contributed by atoms with E-state index in [0.717, 1.165) is 18.5 Å². The topological polar surface area (TPSA) is 54.0 Å². The second-order valence-corrected chi connectivity index (χ2v) is 4.78. The van der Waals surface area contributed by atoms with Gasteiger partial charge >= 0.3 is 0 Å². The molecule has 0 aromatic carbocycles. The number of pyridine rings is 1. The number of likely N-dealkylation sites (N-methyl/N-ethyl adjacent to an activating group) is 1. The lowest BCUT2D eigenvalue weighted by molar-refractivity contribution is -0.121. The molecule has 0 aliphatic rings. The van der Waals surface area contributed by atoms with Crippen molar-refractivity contribution >= 4 is 5.91 Å². The van der Waals surface area contributed by atoms with Gasteiger partial charge in [0.25, 0.3) is 0 Å². The molecule has 0 saturated carbocycles. The predicted octanol–water partition coefficient (Wildman–Crippen LogP) is 1.13. The molecule has 0 aliphatic heterocycles. The van der Waals surface area contributed by atoms with E-state index in [1.165, 1.54) is 0 Å². The monoisotopic (exact) mass is 235 g/mol. The molecule has 1 aromatic heterocycles. The SMILES string of the molecule is CNCC(=O)NC(C)(C)CCc1ccccn1. The van der Waals surface area contributed by atoms with Gasteiger partial charge in [0.1, 0.15) is 0 Å². The van der Waals surface area contributed by atoms with E-state index in [4.69, 9.17) is 0 Å². The van der Waals surface area contributed by atoms with Crippen molar-refractivity contribution in [2.45, 2.75) is 32.2 Å². The fraction of sp³-hybridized carbons (Fsp3) is 0.538. The molecule has 94 valence electrons. The Morgan fingerprint density at radius 2 is 2.18 bits per heavy atom. The average molecular weight is 235 g/mol. The van der Waals surface area contributed by atoms with Crippen LogP contribution in [0.25, 0.3) is 0 Å². The van der Waals surface area contributed by atoms with Crippen LogP contribution in [0.3, 0.4) is 0 Å². The summed E-state index contributed by atoms with van der Waals surface area (Å²) >= 11 is 0. The van der Waals surface area contributed by atoms with E-state index >= 15 is 0 Å². The standard InChI is InChI=1S/C13H21N3O/c1-13(2,16-12(17)10-14-3)8-7-11-6-4-5-9-15-11/h4-6,9,14H,7-8,10H2,1-3H3,(H,16,17). The molecule has 0 aliphatic carbocycles. The largest absolute Gasteiger partial charge is 0.350 e. The molecule has 1 aromatic rings. The van der Waals surface area contributed by atoms with Gasteiger partial charge in [0.05, 0.1) is 6.54 Å². The maximum atomic E-state index is 11.5. The summed E-state index contributed by atoms with van der Waals surface area (Å²) in [6.07, 6.45) is 3.54. The molecule has 1 heterocycles. The molecule has 0 unspecified atom stereocenters. The summed E-state index contributed by atoms with van der Waals surface area (Å²) < 4.78 is 0. The zero-order chi connectivity index (χ0) is 12.7. The molecule has 0 atom stereocenters. The number of carbonyl (C=O) groups excluding carboxylic acids is 1. The maximum absolute atomic E-state index is 11.5. The molecule has 0 saturated heterocycles. The van der Waals surface area contributed by atoms with Gasteiger partial charge in [-0.2, -0.15) is 0 Å². The Balaban J connectivity index is 2.41. The van der Waals surface area contributed by atoms with E-state index in [1.807, 2.05) is 32.0 Å². The van der Waals surface area contributed by atoms with Crippen LogP contribution in [0.15, 0.2) is 24.4 Å². The van der Waals surface area contributed by atoms with Crippen LogP contribution < -0.4 is 10.6 Å². The molecule has 17 heavy (non-hydrogen) atoms. The fourth-order valence-electron chi connectivity index (χ4n) is 1.63. The van der Waals surface area contributed by atoms with Crippen LogP contribution in [0.5, 0.6) is 0 Å². The Bertz CT molecular complexity index is 349. The predicted molar refractivity (Wildman–Crippen MR) is 68.7 cm³/mol. The lowest BCUT2D eigenvalue weighted by Crippen LogP contribution is -2.46. The molecule has 4 heteroatoms. The number of nitrogens with zero attached hydrogens (tertiary/aromatic N) is 1. The first-order chi connectivity index (χ1) is 8.03. The highest BCUT2D eigenvalue weighted by molar-refractivity contribution is 5.78. The van der Waals surface area contributed by atoms with Crippen LogP contribution >= 0.6 is 0 Å². The average Bonchev–Trinajstić information content (AvgIpc) is 2.27. The summed E-state index contributed by atoms with van der Waals surface area (Å²) in [5.74, 6) is 0.0264. The minimum absolute atomic E-state index is 0.0264. The van der Waals surface area contributed by atoms with E-state index in [-0.39, 0.29) is 11.4 Å². The summed E-state index contributed by atoms with van der Waals surface area (Å²) in [4.78, 5) is 15.8. The summed E-state index contributed by atoms with van der Waals surface area (Å²) in [5.41, 5.74) is 0.856.